The summed E-state index contributed by atoms with van der Waals surface area (Å²) in [5.74, 6) is -0.362. The molecule has 0 saturated carbocycles. The number of rotatable bonds is 5. The third-order valence-corrected chi connectivity index (χ3v) is 5.47. The minimum atomic E-state index is -0.362. The average molecular weight is 381 g/mol. The highest BCUT2D eigenvalue weighted by molar-refractivity contribution is 7.14. The third-order valence-electron chi connectivity index (χ3n) is 3.85. The second kappa shape index (κ2) is 7.23. The van der Waals surface area contributed by atoms with Gasteiger partial charge in [-0.1, -0.05) is 0 Å². The van der Waals surface area contributed by atoms with Crippen LogP contribution in [0.2, 0.25) is 0 Å². The van der Waals surface area contributed by atoms with Gasteiger partial charge in [-0.3, -0.25) is 0 Å². The molecule has 0 aliphatic heterocycles. The molecule has 0 saturated heterocycles. The van der Waals surface area contributed by atoms with Gasteiger partial charge in [0.2, 0.25) is 0 Å². The van der Waals surface area contributed by atoms with Crippen LogP contribution < -0.4 is 0 Å². The molecule has 0 fully saturated rings. The minimum Gasteiger partial charge on any atom is -0.456 e. The van der Waals surface area contributed by atoms with E-state index in [1.165, 1.54) is 0 Å². The van der Waals surface area contributed by atoms with Gasteiger partial charge in [-0.2, -0.15) is 16.4 Å². The highest BCUT2D eigenvalue weighted by Gasteiger charge is 2.11. The van der Waals surface area contributed by atoms with E-state index in [1.54, 1.807) is 41.0 Å². The molecule has 0 radical (unpaired) electrons. The lowest BCUT2D eigenvalue weighted by molar-refractivity contribution is 0.0468. The average Bonchev–Trinajstić information content (AvgIpc) is 3.41. The molecule has 3 aromatic heterocycles. The van der Waals surface area contributed by atoms with Gasteiger partial charge in [0.05, 0.1) is 16.9 Å². The fourth-order valence-electron chi connectivity index (χ4n) is 2.49. The molecule has 1 aromatic carbocycles. The molecule has 0 unspecified atom stereocenters. The Bertz CT molecular complexity index is 1020. The molecule has 26 heavy (non-hydrogen) atoms. The number of esters is 1. The Morgan fingerprint density at radius 3 is 2.69 bits per heavy atom. The molecule has 0 aliphatic carbocycles. The molecule has 0 atom stereocenters. The summed E-state index contributed by atoms with van der Waals surface area (Å²) >= 11 is 3.19. The zero-order chi connectivity index (χ0) is 17.9. The number of hydrogen-bond donors (Lipinski definition) is 0. The Labute approximate surface area is 158 Å². The molecular weight excluding hydrogens is 366 g/mol. The lowest BCUT2D eigenvalue weighted by atomic mass is 10.2. The number of thiazole rings is 1. The Morgan fingerprint density at radius 1 is 1.15 bits per heavy atom. The van der Waals surface area contributed by atoms with Gasteiger partial charge in [-0.25, -0.2) is 14.5 Å². The van der Waals surface area contributed by atoms with Crippen LogP contribution in [0.25, 0.3) is 16.3 Å². The Balaban J connectivity index is 1.40. The number of nitrogens with zero attached hydrogens (tertiary/aromatic N) is 3. The maximum atomic E-state index is 12.3. The molecule has 130 valence electrons. The summed E-state index contributed by atoms with van der Waals surface area (Å²) in [6.45, 7) is 2.15. The van der Waals surface area contributed by atoms with E-state index in [-0.39, 0.29) is 12.6 Å². The van der Waals surface area contributed by atoms with Gasteiger partial charge in [0.1, 0.15) is 11.6 Å². The maximum Gasteiger partial charge on any atom is 0.338 e. The predicted octanol–water partition coefficient (Wildman–Crippen LogP) is 4.72. The fraction of sp³-hybridized carbons (Fsp3) is 0.105. The van der Waals surface area contributed by atoms with Crippen molar-refractivity contribution in [3.63, 3.8) is 0 Å². The second-order valence-electron chi connectivity index (χ2n) is 5.66. The van der Waals surface area contributed by atoms with Crippen molar-refractivity contribution in [1.82, 2.24) is 14.8 Å². The van der Waals surface area contributed by atoms with Crippen LogP contribution in [-0.4, -0.2) is 20.7 Å². The number of carbonyl (C=O) groups excluding carboxylic acids is 1. The molecule has 4 rings (SSSR count). The Hall–Kier alpha value is -2.77. The summed E-state index contributed by atoms with van der Waals surface area (Å²) in [4.78, 5) is 16.8. The van der Waals surface area contributed by atoms with Crippen LogP contribution in [0.1, 0.15) is 21.7 Å². The predicted molar refractivity (Wildman–Crippen MR) is 103 cm³/mol. The first-order valence-electron chi connectivity index (χ1n) is 7.96. The zero-order valence-electron chi connectivity index (χ0n) is 14.0. The van der Waals surface area contributed by atoms with Crippen molar-refractivity contribution in [2.75, 3.05) is 0 Å². The fourth-order valence-corrected chi connectivity index (χ4v) is 4.01. The number of benzene rings is 1. The highest BCUT2D eigenvalue weighted by Crippen LogP contribution is 2.26. The maximum absolute atomic E-state index is 12.3. The molecule has 0 aliphatic rings. The van der Waals surface area contributed by atoms with Crippen LogP contribution in [0.4, 0.5) is 0 Å². The number of hydrogen-bond acceptors (Lipinski definition) is 6. The van der Waals surface area contributed by atoms with Crippen molar-refractivity contribution in [2.45, 2.75) is 13.5 Å². The van der Waals surface area contributed by atoms with Gasteiger partial charge >= 0.3 is 5.97 Å². The van der Waals surface area contributed by atoms with E-state index in [2.05, 4.69) is 15.5 Å². The quantitative estimate of drug-likeness (QED) is 0.469. The van der Waals surface area contributed by atoms with Crippen LogP contribution >= 0.6 is 22.7 Å². The van der Waals surface area contributed by atoms with Crippen molar-refractivity contribution >= 4 is 28.6 Å². The summed E-state index contributed by atoms with van der Waals surface area (Å²) in [5.41, 5.74) is 4.30. The summed E-state index contributed by atoms with van der Waals surface area (Å²) in [6.07, 6.45) is 1.75. The largest absolute Gasteiger partial charge is 0.456 e. The van der Waals surface area contributed by atoms with E-state index in [9.17, 15) is 4.79 Å². The van der Waals surface area contributed by atoms with Gasteiger partial charge in [0, 0.05) is 28.2 Å². The van der Waals surface area contributed by atoms with Gasteiger partial charge in [0.15, 0.2) is 0 Å². The standard InChI is InChI=1S/C19H15N3O2S2/c1-13-6-8-20-22(13)17-4-2-14(3-5-17)19(23)24-10-16-12-26-18(21-16)15-7-9-25-11-15/h2-9,11-12H,10H2,1H3. The molecular formula is C19H15N3O2S2. The van der Waals surface area contributed by atoms with Gasteiger partial charge in [0.25, 0.3) is 0 Å². The summed E-state index contributed by atoms with van der Waals surface area (Å²) in [5, 5.41) is 11.2. The van der Waals surface area contributed by atoms with E-state index < -0.39 is 0 Å². The zero-order valence-corrected chi connectivity index (χ0v) is 15.6. The monoisotopic (exact) mass is 381 g/mol. The third kappa shape index (κ3) is 3.44. The lowest BCUT2D eigenvalue weighted by Crippen LogP contribution is -2.06. The van der Waals surface area contributed by atoms with Gasteiger partial charge < -0.3 is 4.74 Å². The van der Waals surface area contributed by atoms with Crippen LogP contribution in [-0.2, 0) is 11.3 Å². The molecule has 5 nitrogen and oxygen atoms in total. The van der Waals surface area contributed by atoms with Crippen molar-refractivity contribution < 1.29 is 9.53 Å². The van der Waals surface area contributed by atoms with E-state index in [4.69, 9.17) is 4.74 Å². The van der Waals surface area contributed by atoms with E-state index >= 15 is 0 Å². The Morgan fingerprint density at radius 2 is 2.00 bits per heavy atom. The summed E-state index contributed by atoms with van der Waals surface area (Å²) in [7, 11) is 0. The van der Waals surface area contributed by atoms with Crippen molar-refractivity contribution in [3.8, 4) is 16.3 Å². The molecule has 3 heterocycles. The molecule has 7 heteroatoms. The summed E-state index contributed by atoms with van der Waals surface area (Å²) in [6, 6.07) is 11.2. The van der Waals surface area contributed by atoms with Crippen LogP contribution in [0.5, 0.6) is 0 Å². The summed E-state index contributed by atoms with van der Waals surface area (Å²) < 4.78 is 7.20. The SMILES string of the molecule is Cc1ccnn1-c1ccc(C(=O)OCc2csc(-c3ccsc3)n2)cc1. The minimum absolute atomic E-state index is 0.166. The molecule has 0 spiro atoms. The number of aromatic nitrogens is 3. The lowest BCUT2D eigenvalue weighted by Gasteiger charge is -2.06. The van der Waals surface area contributed by atoms with Crippen molar-refractivity contribution in [3.05, 3.63) is 75.7 Å². The van der Waals surface area contributed by atoms with Crippen LogP contribution in [0.15, 0.2) is 58.7 Å². The Kier molecular flexibility index (Phi) is 4.64. The van der Waals surface area contributed by atoms with E-state index in [0.717, 1.165) is 27.6 Å². The normalized spacial score (nSPS) is 10.8. The van der Waals surface area contributed by atoms with Crippen molar-refractivity contribution in [1.29, 1.82) is 0 Å². The smallest absolute Gasteiger partial charge is 0.338 e. The number of thiophene rings is 1. The van der Waals surface area contributed by atoms with Crippen LogP contribution in [0.3, 0.4) is 0 Å². The van der Waals surface area contributed by atoms with Crippen LogP contribution in [0, 0.1) is 6.92 Å². The van der Waals surface area contributed by atoms with E-state index in [0.29, 0.717) is 5.56 Å². The van der Waals surface area contributed by atoms with E-state index in [1.807, 2.05) is 46.6 Å². The van der Waals surface area contributed by atoms with Gasteiger partial charge in [-0.05, 0) is 48.7 Å². The first-order valence-corrected chi connectivity index (χ1v) is 9.78. The second-order valence-corrected chi connectivity index (χ2v) is 7.30. The number of aryl methyl sites for hydroxylation is 1. The van der Waals surface area contributed by atoms with Gasteiger partial charge in [-0.15, -0.1) is 11.3 Å². The molecule has 0 N–H and O–H groups in total. The molecule has 4 aromatic rings. The highest BCUT2D eigenvalue weighted by atomic mass is 32.1. The first kappa shape index (κ1) is 16.7. The number of ether oxygens (including phenoxy) is 1. The molecule has 0 bridgehead atoms. The number of carbonyl (C=O) groups is 1. The first-order chi connectivity index (χ1) is 12.7. The van der Waals surface area contributed by atoms with Crippen molar-refractivity contribution in [2.24, 2.45) is 0 Å². The molecule has 0 amide bonds. The topological polar surface area (TPSA) is 57.0 Å².